The van der Waals surface area contributed by atoms with Gasteiger partial charge in [-0.2, -0.15) is 0 Å². The Bertz CT molecular complexity index is 232. The van der Waals surface area contributed by atoms with Crippen LogP contribution in [0, 0.1) is 5.92 Å². The molecule has 0 radical (unpaired) electrons. The number of amides is 1. The summed E-state index contributed by atoms with van der Waals surface area (Å²) in [6.45, 7) is 2.46. The third-order valence-electron chi connectivity index (χ3n) is 3.67. The van der Waals surface area contributed by atoms with Gasteiger partial charge in [0.15, 0.2) is 0 Å². The molecular formula is C12H21NO3. The van der Waals surface area contributed by atoms with Crippen LogP contribution in [0.4, 0.5) is 0 Å². The molecule has 2 aliphatic rings. The van der Waals surface area contributed by atoms with Gasteiger partial charge < -0.3 is 14.7 Å². The van der Waals surface area contributed by atoms with Crippen molar-refractivity contribution in [2.45, 2.75) is 38.2 Å². The number of ether oxygens (including phenoxy) is 1. The number of hydrogen-bond donors (Lipinski definition) is 1. The first-order valence-corrected chi connectivity index (χ1v) is 6.33. The Morgan fingerprint density at radius 1 is 1.19 bits per heavy atom. The number of carbonyl (C=O) groups excluding carboxylic acids is 1. The minimum atomic E-state index is -0.779. The van der Waals surface area contributed by atoms with Crippen LogP contribution in [0.2, 0.25) is 0 Å². The summed E-state index contributed by atoms with van der Waals surface area (Å²) in [5.41, 5.74) is 0. The third-order valence-corrected chi connectivity index (χ3v) is 3.67. The lowest BCUT2D eigenvalue weighted by atomic mass is 9.85. The number of carbonyl (C=O) groups is 1. The van der Waals surface area contributed by atoms with Crippen molar-refractivity contribution in [3.8, 4) is 0 Å². The van der Waals surface area contributed by atoms with Gasteiger partial charge in [0.2, 0.25) is 0 Å². The minimum Gasteiger partial charge on any atom is -0.383 e. The van der Waals surface area contributed by atoms with E-state index in [2.05, 4.69) is 0 Å². The number of nitrogens with zero attached hydrogens (tertiary/aromatic N) is 1. The molecule has 1 saturated carbocycles. The predicted octanol–water partition coefficient (Wildman–Crippen LogP) is 0.786. The Morgan fingerprint density at radius 2 is 1.81 bits per heavy atom. The van der Waals surface area contributed by atoms with E-state index in [0.29, 0.717) is 26.3 Å². The molecule has 2 rings (SSSR count). The van der Waals surface area contributed by atoms with Crippen LogP contribution >= 0.6 is 0 Å². The molecule has 1 N–H and O–H groups in total. The van der Waals surface area contributed by atoms with Crippen molar-refractivity contribution in [2.75, 3.05) is 26.3 Å². The summed E-state index contributed by atoms with van der Waals surface area (Å²) in [6.07, 6.45) is 4.76. The van der Waals surface area contributed by atoms with Crippen molar-refractivity contribution in [1.82, 2.24) is 4.90 Å². The Hall–Kier alpha value is -0.610. The fourth-order valence-electron chi connectivity index (χ4n) is 2.62. The predicted molar refractivity (Wildman–Crippen MR) is 60.0 cm³/mol. The second-order valence-electron chi connectivity index (χ2n) is 4.78. The van der Waals surface area contributed by atoms with Crippen LogP contribution in [0.3, 0.4) is 0 Å². The van der Waals surface area contributed by atoms with E-state index in [1.807, 2.05) is 0 Å². The van der Waals surface area contributed by atoms with E-state index in [1.54, 1.807) is 4.90 Å². The minimum absolute atomic E-state index is 0.0878. The number of rotatable bonds is 2. The monoisotopic (exact) mass is 227 g/mol. The Balaban J connectivity index is 1.86. The molecule has 0 bridgehead atoms. The fraction of sp³-hybridized carbons (Fsp3) is 0.917. The van der Waals surface area contributed by atoms with Gasteiger partial charge in [0.05, 0.1) is 13.2 Å². The van der Waals surface area contributed by atoms with Crippen LogP contribution in [0.5, 0.6) is 0 Å². The molecule has 0 aromatic heterocycles. The van der Waals surface area contributed by atoms with Crippen LogP contribution in [-0.4, -0.2) is 48.3 Å². The van der Waals surface area contributed by atoms with Gasteiger partial charge in [0, 0.05) is 13.1 Å². The molecule has 2 fully saturated rings. The van der Waals surface area contributed by atoms with Crippen LogP contribution in [-0.2, 0) is 9.53 Å². The van der Waals surface area contributed by atoms with E-state index < -0.39 is 6.10 Å². The number of aliphatic hydroxyl groups excluding tert-OH is 1. The Morgan fingerprint density at radius 3 is 2.44 bits per heavy atom. The largest absolute Gasteiger partial charge is 0.383 e. The fourth-order valence-corrected chi connectivity index (χ4v) is 2.62. The zero-order chi connectivity index (χ0) is 11.4. The molecule has 1 aliphatic carbocycles. The van der Waals surface area contributed by atoms with Gasteiger partial charge >= 0.3 is 0 Å². The summed E-state index contributed by atoms with van der Waals surface area (Å²) < 4.78 is 5.20. The highest BCUT2D eigenvalue weighted by atomic mass is 16.5. The maximum atomic E-state index is 12.0. The molecular weight excluding hydrogens is 206 g/mol. The molecule has 0 unspecified atom stereocenters. The van der Waals surface area contributed by atoms with Crippen LogP contribution in [0.1, 0.15) is 32.1 Å². The first-order chi connectivity index (χ1) is 7.79. The van der Waals surface area contributed by atoms with Gasteiger partial charge in [-0.1, -0.05) is 19.3 Å². The maximum absolute atomic E-state index is 12.0. The molecule has 1 saturated heterocycles. The Labute approximate surface area is 96.6 Å². The van der Waals surface area contributed by atoms with E-state index >= 15 is 0 Å². The van der Waals surface area contributed by atoms with Gasteiger partial charge in [-0.05, 0) is 18.8 Å². The highest BCUT2D eigenvalue weighted by Crippen LogP contribution is 2.27. The van der Waals surface area contributed by atoms with Crippen molar-refractivity contribution in [3.63, 3.8) is 0 Å². The van der Waals surface area contributed by atoms with Gasteiger partial charge in [-0.15, -0.1) is 0 Å². The average molecular weight is 227 g/mol. The smallest absolute Gasteiger partial charge is 0.251 e. The number of morpholine rings is 1. The zero-order valence-electron chi connectivity index (χ0n) is 9.73. The molecule has 1 amide bonds. The summed E-state index contributed by atoms with van der Waals surface area (Å²) in [4.78, 5) is 13.8. The molecule has 16 heavy (non-hydrogen) atoms. The lowest BCUT2D eigenvalue weighted by Gasteiger charge is -2.32. The lowest BCUT2D eigenvalue weighted by Crippen LogP contribution is -2.48. The van der Waals surface area contributed by atoms with E-state index in [9.17, 15) is 9.90 Å². The van der Waals surface area contributed by atoms with E-state index in [0.717, 1.165) is 25.7 Å². The zero-order valence-corrected chi connectivity index (χ0v) is 9.73. The van der Waals surface area contributed by atoms with Crippen molar-refractivity contribution in [3.05, 3.63) is 0 Å². The van der Waals surface area contributed by atoms with Crippen molar-refractivity contribution >= 4 is 5.91 Å². The van der Waals surface area contributed by atoms with Crippen molar-refractivity contribution in [1.29, 1.82) is 0 Å². The quantitative estimate of drug-likeness (QED) is 0.758. The second kappa shape index (κ2) is 5.64. The molecule has 1 aliphatic heterocycles. The average Bonchev–Trinajstić information content (AvgIpc) is 2.39. The van der Waals surface area contributed by atoms with Crippen molar-refractivity contribution in [2.24, 2.45) is 5.92 Å². The van der Waals surface area contributed by atoms with E-state index in [1.165, 1.54) is 6.42 Å². The first kappa shape index (κ1) is 11.9. The molecule has 4 nitrogen and oxygen atoms in total. The summed E-state index contributed by atoms with van der Waals surface area (Å²) in [5.74, 6) is 0.0966. The van der Waals surface area contributed by atoms with E-state index in [4.69, 9.17) is 4.74 Å². The summed E-state index contributed by atoms with van der Waals surface area (Å²) in [5, 5.41) is 10.1. The normalized spacial score (nSPS) is 25.4. The van der Waals surface area contributed by atoms with Gasteiger partial charge in [0.25, 0.3) is 5.91 Å². The summed E-state index contributed by atoms with van der Waals surface area (Å²) in [7, 11) is 0. The molecule has 92 valence electrons. The third kappa shape index (κ3) is 2.74. The van der Waals surface area contributed by atoms with Crippen LogP contribution in [0.25, 0.3) is 0 Å². The molecule has 0 aromatic carbocycles. The first-order valence-electron chi connectivity index (χ1n) is 6.33. The van der Waals surface area contributed by atoms with Gasteiger partial charge in [0.1, 0.15) is 6.10 Å². The molecule has 1 atom stereocenters. The summed E-state index contributed by atoms with van der Waals surface area (Å²) in [6, 6.07) is 0. The standard InChI is InChI=1S/C12H21NO3/c14-11(10-4-2-1-3-5-10)12(15)13-6-8-16-9-7-13/h10-11,14H,1-9H2/t11-/m0/s1. The molecule has 1 heterocycles. The van der Waals surface area contributed by atoms with Gasteiger partial charge in [-0.3, -0.25) is 4.79 Å². The van der Waals surface area contributed by atoms with Crippen molar-refractivity contribution < 1.29 is 14.6 Å². The molecule has 4 heteroatoms. The highest BCUT2D eigenvalue weighted by molar-refractivity contribution is 5.81. The number of aliphatic hydroxyl groups is 1. The van der Waals surface area contributed by atoms with Crippen LogP contribution < -0.4 is 0 Å². The topological polar surface area (TPSA) is 49.8 Å². The van der Waals surface area contributed by atoms with E-state index in [-0.39, 0.29) is 11.8 Å². The lowest BCUT2D eigenvalue weighted by molar-refractivity contribution is -0.147. The Kier molecular flexibility index (Phi) is 4.18. The van der Waals surface area contributed by atoms with Crippen LogP contribution in [0.15, 0.2) is 0 Å². The summed E-state index contributed by atoms with van der Waals surface area (Å²) >= 11 is 0. The maximum Gasteiger partial charge on any atom is 0.251 e. The highest BCUT2D eigenvalue weighted by Gasteiger charge is 2.31. The molecule has 0 aromatic rings. The molecule has 0 spiro atoms. The van der Waals surface area contributed by atoms with Gasteiger partial charge in [-0.25, -0.2) is 0 Å². The second-order valence-corrected chi connectivity index (χ2v) is 4.78. The SMILES string of the molecule is O=C([C@@H](O)C1CCCCC1)N1CCOCC1. The number of hydrogen-bond acceptors (Lipinski definition) is 3.